The highest BCUT2D eigenvalue weighted by molar-refractivity contribution is 7.99. The van der Waals surface area contributed by atoms with Crippen LogP contribution in [0.15, 0.2) is 37.7 Å². The number of pyridine rings is 1. The van der Waals surface area contributed by atoms with Crippen LogP contribution in [0.2, 0.25) is 0 Å². The van der Waals surface area contributed by atoms with Gasteiger partial charge in [0, 0.05) is 18.5 Å². The first-order valence-corrected chi connectivity index (χ1v) is 6.83. The average Bonchev–Trinajstić information content (AvgIpc) is 2.86. The van der Waals surface area contributed by atoms with E-state index < -0.39 is 22.8 Å². The Morgan fingerprint density at radius 2 is 2.18 bits per heavy atom. The summed E-state index contributed by atoms with van der Waals surface area (Å²) in [6.07, 6.45) is 1.08. The van der Waals surface area contributed by atoms with Crippen molar-refractivity contribution in [3.05, 3.63) is 45.8 Å². The van der Waals surface area contributed by atoms with Gasteiger partial charge < -0.3 is 14.5 Å². The molecule has 3 aromatic rings. The smallest absolute Gasteiger partial charge is 0.341 e. The zero-order valence-corrected chi connectivity index (χ0v) is 11.9. The molecule has 0 saturated heterocycles. The van der Waals surface area contributed by atoms with Gasteiger partial charge >= 0.3 is 5.97 Å². The van der Waals surface area contributed by atoms with Crippen LogP contribution in [-0.2, 0) is 0 Å². The van der Waals surface area contributed by atoms with Crippen LogP contribution in [0.4, 0.5) is 4.39 Å². The Hall–Kier alpha value is -2.68. The maximum absolute atomic E-state index is 14.1. The van der Waals surface area contributed by atoms with Crippen molar-refractivity contribution in [2.45, 2.75) is 17.0 Å². The van der Waals surface area contributed by atoms with E-state index in [1.807, 2.05) is 0 Å². The first-order valence-electron chi connectivity index (χ1n) is 6.02. The lowest BCUT2D eigenvalue weighted by Crippen LogP contribution is -2.15. The van der Waals surface area contributed by atoms with E-state index in [2.05, 4.69) is 15.2 Å². The van der Waals surface area contributed by atoms with Gasteiger partial charge in [-0.1, -0.05) is 0 Å². The van der Waals surface area contributed by atoms with Crippen LogP contribution in [0.5, 0.6) is 0 Å². The van der Waals surface area contributed by atoms with Crippen LogP contribution < -0.4 is 5.43 Å². The lowest BCUT2D eigenvalue weighted by Gasteiger charge is -2.04. The van der Waals surface area contributed by atoms with Crippen LogP contribution in [0.25, 0.3) is 10.9 Å². The average molecular weight is 321 g/mol. The maximum Gasteiger partial charge on any atom is 0.341 e. The monoisotopic (exact) mass is 321 g/mol. The molecule has 2 aromatic heterocycles. The molecule has 2 heterocycles. The number of carboxylic acids is 1. The summed E-state index contributed by atoms with van der Waals surface area (Å²) in [5.74, 6) is -1.70. The molecular formula is C13H8FN3O4S. The maximum atomic E-state index is 14.1. The molecule has 0 bridgehead atoms. The molecule has 22 heavy (non-hydrogen) atoms. The van der Waals surface area contributed by atoms with Gasteiger partial charge in [0.1, 0.15) is 11.4 Å². The molecule has 1 aromatic carbocycles. The van der Waals surface area contributed by atoms with Crippen molar-refractivity contribution in [3.8, 4) is 0 Å². The highest BCUT2D eigenvalue weighted by Gasteiger charge is 2.16. The van der Waals surface area contributed by atoms with Crippen molar-refractivity contribution >= 4 is 28.6 Å². The SMILES string of the molecule is Cc1nnc(Sc2cc3[nH]cc(C(=O)O)c(=O)c3cc2F)o1. The van der Waals surface area contributed by atoms with Crippen LogP contribution in [-0.4, -0.2) is 26.3 Å². The number of rotatable bonds is 3. The van der Waals surface area contributed by atoms with Gasteiger partial charge in [0.15, 0.2) is 0 Å². The number of fused-ring (bicyclic) bond motifs is 1. The van der Waals surface area contributed by atoms with E-state index in [0.29, 0.717) is 11.4 Å². The molecule has 0 spiro atoms. The van der Waals surface area contributed by atoms with E-state index in [9.17, 15) is 14.0 Å². The number of aromatic carboxylic acids is 1. The number of benzene rings is 1. The molecular weight excluding hydrogens is 313 g/mol. The van der Waals surface area contributed by atoms with E-state index in [0.717, 1.165) is 24.0 Å². The number of hydrogen-bond donors (Lipinski definition) is 2. The van der Waals surface area contributed by atoms with E-state index in [-0.39, 0.29) is 15.5 Å². The second-order valence-corrected chi connectivity index (χ2v) is 5.35. The van der Waals surface area contributed by atoms with E-state index in [4.69, 9.17) is 9.52 Å². The van der Waals surface area contributed by atoms with E-state index >= 15 is 0 Å². The van der Waals surface area contributed by atoms with Crippen LogP contribution in [0.1, 0.15) is 16.2 Å². The molecule has 3 rings (SSSR count). The minimum absolute atomic E-state index is 0.0385. The normalized spacial score (nSPS) is 11.0. The second-order valence-electron chi connectivity index (χ2n) is 4.35. The van der Waals surface area contributed by atoms with Crippen molar-refractivity contribution < 1.29 is 18.7 Å². The highest BCUT2D eigenvalue weighted by Crippen LogP contribution is 2.30. The fraction of sp³-hybridized carbons (Fsp3) is 0.0769. The number of carbonyl (C=O) groups is 1. The first kappa shape index (κ1) is 14.3. The molecule has 0 saturated carbocycles. The molecule has 9 heteroatoms. The number of halogens is 1. The van der Waals surface area contributed by atoms with Crippen molar-refractivity contribution in [3.63, 3.8) is 0 Å². The number of nitrogens with one attached hydrogen (secondary N) is 1. The van der Waals surface area contributed by atoms with Crippen molar-refractivity contribution in [2.75, 3.05) is 0 Å². The summed E-state index contributed by atoms with van der Waals surface area (Å²) in [7, 11) is 0. The third-order valence-electron chi connectivity index (χ3n) is 2.87. The quantitative estimate of drug-likeness (QED) is 0.761. The van der Waals surface area contributed by atoms with Crippen molar-refractivity contribution in [1.29, 1.82) is 0 Å². The molecule has 0 fully saturated rings. The van der Waals surface area contributed by atoms with Crippen molar-refractivity contribution in [1.82, 2.24) is 15.2 Å². The Kier molecular flexibility index (Phi) is 3.41. The Morgan fingerprint density at radius 1 is 1.41 bits per heavy atom. The molecule has 0 atom stereocenters. The number of nitrogens with zero attached hydrogens (tertiary/aromatic N) is 2. The second kappa shape index (κ2) is 5.26. The summed E-state index contributed by atoms with van der Waals surface area (Å²) >= 11 is 0.913. The van der Waals surface area contributed by atoms with Gasteiger partial charge in [0.2, 0.25) is 11.3 Å². The van der Waals surface area contributed by atoms with Crippen LogP contribution >= 0.6 is 11.8 Å². The molecule has 0 aliphatic heterocycles. The fourth-order valence-electron chi connectivity index (χ4n) is 1.87. The van der Waals surface area contributed by atoms with E-state index in [1.54, 1.807) is 6.92 Å². The van der Waals surface area contributed by atoms with Gasteiger partial charge in [-0.15, -0.1) is 10.2 Å². The summed E-state index contributed by atoms with van der Waals surface area (Å²) in [5.41, 5.74) is -0.875. The molecule has 0 unspecified atom stereocenters. The summed E-state index contributed by atoms with van der Waals surface area (Å²) in [6.45, 7) is 1.61. The molecule has 0 aliphatic carbocycles. The number of aryl methyl sites for hydroxylation is 1. The molecule has 0 amide bonds. The lowest BCUT2D eigenvalue weighted by atomic mass is 10.1. The van der Waals surface area contributed by atoms with Gasteiger partial charge in [0.05, 0.1) is 10.4 Å². The molecule has 0 radical (unpaired) electrons. The third-order valence-corrected chi connectivity index (χ3v) is 3.74. The Bertz CT molecular complexity index is 950. The largest absolute Gasteiger partial charge is 0.477 e. The van der Waals surface area contributed by atoms with E-state index in [1.165, 1.54) is 6.07 Å². The Morgan fingerprint density at radius 3 is 2.82 bits per heavy atom. The minimum Gasteiger partial charge on any atom is -0.477 e. The first-order chi connectivity index (χ1) is 10.5. The predicted molar refractivity (Wildman–Crippen MR) is 74.6 cm³/mol. The Labute approximate surface area is 126 Å². The van der Waals surface area contributed by atoms with Gasteiger partial charge in [-0.25, -0.2) is 9.18 Å². The lowest BCUT2D eigenvalue weighted by molar-refractivity contribution is 0.0695. The standard InChI is InChI=1S/C13H8FN3O4S/c1-5-16-17-13(21-5)22-10-3-9-6(2-8(10)14)11(18)7(4-15-9)12(19)20/h2-4H,1H3,(H,15,18)(H,19,20). The zero-order chi connectivity index (χ0) is 15.9. The number of H-pyrrole nitrogens is 1. The minimum atomic E-state index is -1.37. The van der Waals surface area contributed by atoms with Crippen molar-refractivity contribution in [2.24, 2.45) is 0 Å². The summed E-state index contributed by atoms with van der Waals surface area (Å²) < 4.78 is 19.3. The topological polar surface area (TPSA) is 109 Å². The summed E-state index contributed by atoms with van der Waals surface area (Å²) in [5, 5.41) is 16.4. The zero-order valence-electron chi connectivity index (χ0n) is 11.1. The Balaban J connectivity index is 2.11. The van der Waals surface area contributed by atoms with Gasteiger partial charge in [-0.2, -0.15) is 0 Å². The number of carboxylic acid groups (broad SMARTS) is 1. The molecule has 2 N–H and O–H groups in total. The number of hydrogen-bond acceptors (Lipinski definition) is 6. The summed E-state index contributed by atoms with van der Waals surface area (Å²) in [6, 6.07) is 2.38. The van der Waals surface area contributed by atoms with Crippen LogP contribution in [0, 0.1) is 12.7 Å². The predicted octanol–water partition coefficient (Wildman–Crippen LogP) is 2.21. The molecule has 112 valence electrons. The molecule has 0 aliphatic rings. The van der Waals surface area contributed by atoms with Gasteiger partial charge in [-0.05, 0) is 23.9 Å². The van der Waals surface area contributed by atoms with Gasteiger partial charge in [0.25, 0.3) is 5.22 Å². The number of aromatic nitrogens is 3. The fourth-order valence-corrected chi connectivity index (χ4v) is 2.64. The molecule has 7 nitrogen and oxygen atoms in total. The highest BCUT2D eigenvalue weighted by atomic mass is 32.2. The number of aromatic amines is 1. The third kappa shape index (κ3) is 2.46. The summed E-state index contributed by atoms with van der Waals surface area (Å²) in [4.78, 5) is 25.7. The van der Waals surface area contributed by atoms with Gasteiger partial charge in [-0.3, -0.25) is 4.79 Å². The van der Waals surface area contributed by atoms with Crippen LogP contribution in [0.3, 0.4) is 0 Å².